The zero-order valence-electron chi connectivity index (χ0n) is 9.97. The van der Waals surface area contributed by atoms with E-state index >= 15 is 0 Å². The SMILES string of the molecule is O=Cc1ccccc1OCC1CC2CCC1C2. The van der Waals surface area contributed by atoms with Crippen molar-refractivity contribution in [1.29, 1.82) is 0 Å². The minimum atomic E-state index is 0.663. The Bertz CT molecular complexity index is 413. The molecule has 0 N–H and O–H groups in total. The number of para-hydroxylation sites is 1. The standard InChI is InChI=1S/C15H18O2/c16-9-13-3-1-2-4-15(13)17-10-14-8-11-5-6-12(14)7-11/h1-4,9,11-12,14H,5-8,10H2. The molecule has 2 saturated carbocycles. The van der Waals surface area contributed by atoms with Crippen LogP contribution in [0.25, 0.3) is 0 Å². The molecule has 0 saturated heterocycles. The van der Waals surface area contributed by atoms with E-state index in [2.05, 4.69) is 0 Å². The minimum absolute atomic E-state index is 0.663. The summed E-state index contributed by atoms with van der Waals surface area (Å²) >= 11 is 0. The Morgan fingerprint density at radius 2 is 2.12 bits per heavy atom. The molecule has 1 aromatic rings. The fourth-order valence-electron chi connectivity index (χ4n) is 3.49. The molecule has 3 rings (SSSR count). The predicted octanol–water partition coefficient (Wildman–Crippen LogP) is 3.31. The number of ether oxygens (including phenoxy) is 1. The van der Waals surface area contributed by atoms with Crippen LogP contribution in [-0.4, -0.2) is 12.9 Å². The van der Waals surface area contributed by atoms with Gasteiger partial charge in [-0.3, -0.25) is 4.79 Å². The van der Waals surface area contributed by atoms with Crippen LogP contribution < -0.4 is 4.74 Å². The van der Waals surface area contributed by atoms with E-state index in [1.807, 2.05) is 24.3 Å². The lowest BCUT2D eigenvalue weighted by atomic mass is 9.89. The van der Waals surface area contributed by atoms with Crippen molar-refractivity contribution >= 4 is 6.29 Å². The topological polar surface area (TPSA) is 26.3 Å². The normalized spacial score (nSPS) is 30.5. The van der Waals surface area contributed by atoms with Crippen molar-refractivity contribution < 1.29 is 9.53 Å². The number of rotatable bonds is 4. The number of fused-ring (bicyclic) bond motifs is 2. The average molecular weight is 230 g/mol. The van der Waals surface area contributed by atoms with E-state index in [1.54, 1.807) is 0 Å². The highest BCUT2D eigenvalue weighted by Crippen LogP contribution is 2.48. The van der Waals surface area contributed by atoms with Gasteiger partial charge in [-0.2, -0.15) is 0 Å². The fourth-order valence-corrected chi connectivity index (χ4v) is 3.49. The smallest absolute Gasteiger partial charge is 0.153 e. The zero-order valence-corrected chi connectivity index (χ0v) is 9.97. The van der Waals surface area contributed by atoms with Crippen molar-refractivity contribution in [3.8, 4) is 5.75 Å². The van der Waals surface area contributed by atoms with Crippen LogP contribution >= 0.6 is 0 Å². The van der Waals surface area contributed by atoms with Gasteiger partial charge in [0.25, 0.3) is 0 Å². The molecular formula is C15H18O2. The Balaban J connectivity index is 1.62. The molecule has 2 aliphatic rings. The van der Waals surface area contributed by atoms with E-state index in [0.717, 1.165) is 30.5 Å². The summed E-state index contributed by atoms with van der Waals surface area (Å²) in [6.45, 7) is 0.784. The van der Waals surface area contributed by atoms with Crippen molar-refractivity contribution in [2.24, 2.45) is 17.8 Å². The predicted molar refractivity (Wildman–Crippen MR) is 66.3 cm³/mol. The Labute approximate surface area is 102 Å². The molecule has 3 unspecified atom stereocenters. The van der Waals surface area contributed by atoms with Crippen molar-refractivity contribution in [2.75, 3.05) is 6.61 Å². The van der Waals surface area contributed by atoms with E-state index in [-0.39, 0.29) is 0 Å². The second-order valence-electron chi connectivity index (χ2n) is 5.40. The number of carbonyl (C=O) groups excluding carboxylic acids is 1. The third kappa shape index (κ3) is 2.08. The van der Waals surface area contributed by atoms with Crippen LogP contribution in [0.2, 0.25) is 0 Å². The van der Waals surface area contributed by atoms with Crippen LogP contribution in [0.1, 0.15) is 36.0 Å². The molecule has 2 bridgehead atoms. The van der Waals surface area contributed by atoms with E-state index < -0.39 is 0 Å². The molecule has 2 heteroatoms. The molecular weight excluding hydrogens is 212 g/mol. The number of hydrogen-bond donors (Lipinski definition) is 0. The molecule has 0 heterocycles. The third-order valence-corrected chi connectivity index (χ3v) is 4.38. The largest absolute Gasteiger partial charge is 0.493 e. The second-order valence-corrected chi connectivity index (χ2v) is 5.40. The fraction of sp³-hybridized carbons (Fsp3) is 0.533. The van der Waals surface area contributed by atoms with E-state index in [0.29, 0.717) is 11.5 Å². The first kappa shape index (κ1) is 10.8. The van der Waals surface area contributed by atoms with Gasteiger partial charge in [0.05, 0.1) is 12.2 Å². The summed E-state index contributed by atoms with van der Waals surface area (Å²) < 4.78 is 5.83. The van der Waals surface area contributed by atoms with Crippen molar-refractivity contribution in [2.45, 2.75) is 25.7 Å². The number of benzene rings is 1. The van der Waals surface area contributed by atoms with Crippen LogP contribution in [0.3, 0.4) is 0 Å². The summed E-state index contributed by atoms with van der Waals surface area (Å²) in [5.41, 5.74) is 0.663. The van der Waals surface area contributed by atoms with Crippen molar-refractivity contribution in [3.05, 3.63) is 29.8 Å². The molecule has 17 heavy (non-hydrogen) atoms. The summed E-state index contributed by atoms with van der Waals surface area (Å²) in [6.07, 6.45) is 6.41. The van der Waals surface area contributed by atoms with Gasteiger partial charge in [-0.25, -0.2) is 0 Å². The highest BCUT2D eigenvalue weighted by molar-refractivity contribution is 5.79. The first-order valence-electron chi connectivity index (χ1n) is 6.54. The minimum Gasteiger partial charge on any atom is -0.493 e. The Hall–Kier alpha value is -1.31. The van der Waals surface area contributed by atoms with Crippen LogP contribution in [0.5, 0.6) is 5.75 Å². The van der Waals surface area contributed by atoms with Gasteiger partial charge in [0, 0.05) is 0 Å². The molecule has 2 aliphatic carbocycles. The molecule has 0 amide bonds. The maximum Gasteiger partial charge on any atom is 0.153 e. The van der Waals surface area contributed by atoms with Crippen LogP contribution in [0.15, 0.2) is 24.3 Å². The molecule has 0 spiro atoms. The maximum atomic E-state index is 10.9. The van der Waals surface area contributed by atoms with Gasteiger partial charge in [-0.15, -0.1) is 0 Å². The Kier molecular flexibility index (Phi) is 2.87. The quantitative estimate of drug-likeness (QED) is 0.742. The number of carbonyl (C=O) groups is 1. The number of hydrogen-bond acceptors (Lipinski definition) is 2. The lowest BCUT2D eigenvalue weighted by Gasteiger charge is -2.22. The molecule has 0 radical (unpaired) electrons. The van der Waals surface area contributed by atoms with Crippen LogP contribution in [0, 0.1) is 17.8 Å². The maximum absolute atomic E-state index is 10.9. The Morgan fingerprint density at radius 1 is 1.24 bits per heavy atom. The van der Waals surface area contributed by atoms with Gasteiger partial charge >= 0.3 is 0 Å². The average Bonchev–Trinajstić information content (AvgIpc) is 2.98. The first-order chi connectivity index (χ1) is 8.36. The summed E-state index contributed by atoms with van der Waals surface area (Å²) in [7, 11) is 0. The lowest BCUT2D eigenvalue weighted by molar-refractivity contribution is 0.111. The summed E-state index contributed by atoms with van der Waals surface area (Å²) in [6, 6.07) is 7.48. The monoisotopic (exact) mass is 230 g/mol. The molecule has 90 valence electrons. The van der Waals surface area contributed by atoms with Gasteiger partial charge in [0.1, 0.15) is 5.75 Å². The summed E-state index contributed by atoms with van der Waals surface area (Å²) in [5, 5.41) is 0. The van der Waals surface area contributed by atoms with Crippen molar-refractivity contribution in [1.82, 2.24) is 0 Å². The summed E-state index contributed by atoms with van der Waals surface area (Å²) in [5.74, 6) is 3.29. The molecule has 0 aliphatic heterocycles. The Morgan fingerprint density at radius 3 is 2.82 bits per heavy atom. The zero-order chi connectivity index (χ0) is 11.7. The second kappa shape index (κ2) is 4.52. The van der Waals surface area contributed by atoms with Gasteiger partial charge in [-0.1, -0.05) is 18.6 Å². The van der Waals surface area contributed by atoms with Gasteiger partial charge in [0.15, 0.2) is 6.29 Å². The van der Waals surface area contributed by atoms with Crippen molar-refractivity contribution in [3.63, 3.8) is 0 Å². The van der Waals surface area contributed by atoms with Crippen LogP contribution in [0.4, 0.5) is 0 Å². The molecule has 2 fully saturated rings. The lowest BCUT2D eigenvalue weighted by Crippen LogP contribution is -2.18. The van der Waals surface area contributed by atoms with E-state index in [9.17, 15) is 4.79 Å². The van der Waals surface area contributed by atoms with Gasteiger partial charge in [0.2, 0.25) is 0 Å². The molecule has 2 nitrogen and oxygen atoms in total. The third-order valence-electron chi connectivity index (χ3n) is 4.38. The molecule has 1 aromatic carbocycles. The summed E-state index contributed by atoms with van der Waals surface area (Å²) in [4.78, 5) is 10.9. The van der Waals surface area contributed by atoms with E-state index in [4.69, 9.17) is 4.74 Å². The highest BCUT2D eigenvalue weighted by Gasteiger charge is 2.39. The van der Waals surface area contributed by atoms with Gasteiger partial charge < -0.3 is 4.74 Å². The van der Waals surface area contributed by atoms with Gasteiger partial charge in [-0.05, 0) is 49.1 Å². The number of aldehydes is 1. The highest BCUT2D eigenvalue weighted by atomic mass is 16.5. The molecule has 3 atom stereocenters. The van der Waals surface area contributed by atoms with Crippen LogP contribution in [-0.2, 0) is 0 Å². The first-order valence-corrected chi connectivity index (χ1v) is 6.54. The van der Waals surface area contributed by atoms with E-state index in [1.165, 1.54) is 25.7 Å². The molecule has 0 aromatic heterocycles.